The summed E-state index contributed by atoms with van der Waals surface area (Å²) in [5, 5.41) is 12.2. The van der Waals surface area contributed by atoms with Crippen LogP contribution in [0.4, 0.5) is 0 Å². The Hall–Kier alpha value is -1.73. The molecule has 0 spiro atoms. The van der Waals surface area contributed by atoms with Crippen molar-refractivity contribution in [3.05, 3.63) is 27.1 Å². The first kappa shape index (κ1) is 15.7. The molecule has 0 aliphatic carbocycles. The molecular formula is C14H19N3O3S. The molecule has 0 aliphatic rings. The number of rotatable bonds is 5. The van der Waals surface area contributed by atoms with Gasteiger partial charge < -0.3 is 15.0 Å². The molecule has 0 aromatic carbocycles. The van der Waals surface area contributed by atoms with Crippen molar-refractivity contribution in [2.75, 3.05) is 6.61 Å². The van der Waals surface area contributed by atoms with Crippen LogP contribution < -0.4 is 10.9 Å². The van der Waals surface area contributed by atoms with Crippen molar-refractivity contribution in [3.8, 4) is 0 Å². The zero-order valence-corrected chi connectivity index (χ0v) is 13.2. The SMILES string of the molecule is Cc1c(C(=O)NC(C)CCCO)sc2ncn(C)c(=O)c12. The molecule has 0 saturated heterocycles. The summed E-state index contributed by atoms with van der Waals surface area (Å²) in [6.07, 6.45) is 2.83. The van der Waals surface area contributed by atoms with Crippen LogP contribution in [-0.2, 0) is 7.05 Å². The fourth-order valence-corrected chi connectivity index (χ4v) is 3.23. The van der Waals surface area contributed by atoms with Crippen LogP contribution in [0.3, 0.4) is 0 Å². The van der Waals surface area contributed by atoms with Gasteiger partial charge in [0.25, 0.3) is 11.5 Å². The van der Waals surface area contributed by atoms with Crippen LogP contribution in [-0.4, -0.2) is 33.2 Å². The summed E-state index contributed by atoms with van der Waals surface area (Å²) >= 11 is 1.23. The minimum absolute atomic E-state index is 0.0231. The number of aliphatic hydroxyl groups is 1. The number of thiophene rings is 1. The molecular weight excluding hydrogens is 290 g/mol. The Bertz CT molecular complexity index is 720. The van der Waals surface area contributed by atoms with E-state index in [1.165, 1.54) is 22.2 Å². The van der Waals surface area contributed by atoms with E-state index in [9.17, 15) is 9.59 Å². The Morgan fingerprint density at radius 2 is 2.29 bits per heavy atom. The highest BCUT2D eigenvalue weighted by atomic mass is 32.1. The van der Waals surface area contributed by atoms with Crippen molar-refractivity contribution in [1.29, 1.82) is 0 Å². The number of amides is 1. The molecule has 0 radical (unpaired) electrons. The predicted molar refractivity (Wildman–Crippen MR) is 82.8 cm³/mol. The van der Waals surface area contributed by atoms with Crippen LogP contribution >= 0.6 is 11.3 Å². The zero-order valence-electron chi connectivity index (χ0n) is 12.3. The van der Waals surface area contributed by atoms with Gasteiger partial charge in [0, 0.05) is 19.7 Å². The van der Waals surface area contributed by atoms with E-state index in [-0.39, 0.29) is 24.1 Å². The van der Waals surface area contributed by atoms with Gasteiger partial charge in [-0.3, -0.25) is 9.59 Å². The van der Waals surface area contributed by atoms with Crippen LogP contribution in [0.5, 0.6) is 0 Å². The van der Waals surface area contributed by atoms with E-state index >= 15 is 0 Å². The van der Waals surface area contributed by atoms with Crippen LogP contribution in [0, 0.1) is 6.92 Å². The number of aromatic nitrogens is 2. The maximum absolute atomic E-state index is 12.3. The van der Waals surface area contributed by atoms with Crippen molar-refractivity contribution in [2.24, 2.45) is 7.05 Å². The molecule has 2 aromatic rings. The van der Waals surface area contributed by atoms with Gasteiger partial charge in [0.1, 0.15) is 4.83 Å². The number of hydrogen-bond acceptors (Lipinski definition) is 5. The van der Waals surface area contributed by atoms with Gasteiger partial charge in [0.15, 0.2) is 0 Å². The minimum atomic E-state index is -0.192. The molecule has 6 nitrogen and oxygen atoms in total. The van der Waals surface area contributed by atoms with E-state index in [2.05, 4.69) is 10.3 Å². The first-order valence-corrected chi connectivity index (χ1v) is 7.63. The summed E-state index contributed by atoms with van der Waals surface area (Å²) in [7, 11) is 1.64. The maximum Gasteiger partial charge on any atom is 0.262 e. The molecule has 2 heterocycles. The Morgan fingerprint density at radius 1 is 1.57 bits per heavy atom. The molecule has 1 unspecified atom stereocenters. The summed E-state index contributed by atoms with van der Waals surface area (Å²) in [5.41, 5.74) is 0.539. The third-order valence-electron chi connectivity index (χ3n) is 3.39. The lowest BCUT2D eigenvalue weighted by Gasteiger charge is -2.12. The van der Waals surface area contributed by atoms with E-state index in [1.54, 1.807) is 14.0 Å². The van der Waals surface area contributed by atoms with E-state index < -0.39 is 0 Å². The topological polar surface area (TPSA) is 84.2 Å². The van der Waals surface area contributed by atoms with E-state index in [4.69, 9.17) is 5.11 Å². The molecule has 1 atom stereocenters. The van der Waals surface area contributed by atoms with Crippen LogP contribution in [0.1, 0.15) is 35.0 Å². The Balaban J connectivity index is 2.30. The summed E-state index contributed by atoms with van der Waals surface area (Å²) in [6.45, 7) is 3.78. The lowest BCUT2D eigenvalue weighted by atomic mass is 10.1. The van der Waals surface area contributed by atoms with E-state index in [0.29, 0.717) is 33.5 Å². The molecule has 21 heavy (non-hydrogen) atoms. The number of hydrogen-bond donors (Lipinski definition) is 2. The number of nitrogens with one attached hydrogen (secondary N) is 1. The average Bonchev–Trinajstić information content (AvgIpc) is 2.78. The largest absolute Gasteiger partial charge is 0.396 e. The Morgan fingerprint density at radius 3 is 2.95 bits per heavy atom. The number of aryl methyl sites for hydroxylation is 2. The molecule has 2 N–H and O–H groups in total. The second kappa shape index (κ2) is 6.36. The number of nitrogens with zero attached hydrogens (tertiary/aromatic N) is 2. The fraction of sp³-hybridized carbons (Fsp3) is 0.500. The van der Waals surface area contributed by atoms with Gasteiger partial charge >= 0.3 is 0 Å². The Kier molecular flexibility index (Phi) is 4.74. The summed E-state index contributed by atoms with van der Waals surface area (Å²) in [4.78, 5) is 29.7. The van der Waals surface area contributed by atoms with Crippen molar-refractivity contribution in [2.45, 2.75) is 32.7 Å². The minimum Gasteiger partial charge on any atom is -0.396 e. The second-order valence-electron chi connectivity index (χ2n) is 5.14. The molecule has 0 saturated carbocycles. The van der Waals surface area contributed by atoms with Gasteiger partial charge in [-0.25, -0.2) is 4.98 Å². The van der Waals surface area contributed by atoms with Gasteiger partial charge in [0.2, 0.25) is 0 Å². The number of fused-ring (bicyclic) bond motifs is 1. The highest BCUT2D eigenvalue weighted by Gasteiger charge is 2.19. The predicted octanol–water partition coefficient (Wildman–Crippen LogP) is 1.19. The average molecular weight is 309 g/mol. The van der Waals surface area contributed by atoms with Crippen molar-refractivity contribution in [3.63, 3.8) is 0 Å². The lowest BCUT2D eigenvalue weighted by Crippen LogP contribution is -2.32. The third-order valence-corrected chi connectivity index (χ3v) is 4.59. The molecule has 1 amide bonds. The van der Waals surface area contributed by atoms with Gasteiger partial charge in [-0.15, -0.1) is 11.3 Å². The van der Waals surface area contributed by atoms with Crippen LogP contribution in [0.2, 0.25) is 0 Å². The molecule has 2 aromatic heterocycles. The summed E-state index contributed by atoms with van der Waals surface area (Å²) in [5.74, 6) is -0.192. The number of aliphatic hydroxyl groups excluding tert-OH is 1. The van der Waals surface area contributed by atoms with Crippen molar-refractivity contribution >= 4 is 27.5 Å². The smallest absolute Gasteiger partial charge is 0.262 e. The highest BCUT2D eigenvalue weighted by molar-refractivity contribution is 7.20. The molecule has 2 rings (SSSR count). The molecule has 114 valence electrons. The first-order chi connectivity index (χ1) is 9.95. The first-order valence-electron chi connectivity index (χ1n) is 6.82. The third kappa shape index (κ3) is 3.14. The number of carbonyl (C=O) groups is 1. The molecule has 7 heteroatoms. The van der Waals surface area contributed by atoms with Gasteiger partial charge in [-0.1, -0.05) is 0 Å². The normalized spacial score (nSPS) is 12.6. The van der Waals surface area contributed by atoms with Crippen LogP contribution in [0.25, 0.3) is 10.2 Å². The summed E-state index contributed by atoms with van der Waals surface area (Å²) in [6, 6.07) is -0.0231. The lowest BCUT2D eigenvalue weighted by molar-refractivity contribution is 0.0940. The Labute approximate surface area is 126 Å². The zero-order chi connectivity index (χ0) is 15.6. The van der Waals surface area contributed by atoms with Crippen molar-refractivity contribution < 1.29 is 9.90 Å². The van der Waals surface area contributed by atoms with Crippen molar-refractivity contribution in [1.82, 2.24) is 14.9 Å². The monoisotopic (exact) mass is 309 g/mol. The molecule has 0 fully saturated rings. The van der Waals surface area contributed by atoms with Gasteiger partial charge in [-0.2, -0.15) is 0 Å². The fourth-order valence-electron chi connectivity index (χ4n) is 2.18. The van der Waals surface area contributed by atoms with E-state index in [0.717, 1.165) is 0 Å². The molecule has 0 aliphatic heterocycles. The maximum atomic E-state index is 12.3. The van der Waals surface area contributed by atoms with Gasteiger partial charge in [-0.05, 0) is 32.3 Å². The second-order valence-corrected chi connectivity index (χ2v) is 6.14. The van der Waals surface area contributed by atoms with Gasteiger partial charge in [0.05, 0.1) is 16.6 Å². The van der Waals surface area contributed by atoms with Crippen LogP contribution in [0.15, 0.2) is 11.1 Å². The van der Waals surface area contributed by atoms with E-state index in [1.807, 2.05) is 6.92 Å². The number of carbonyl (C=O) groups excluding carboxylic acids is 1. The summed E-state index contributed by atoms with van der Waals surface area (Å²) < 4.78 is 1.41. The highest BCUT2D eigenvalue weighted by Crippen LogP contribution is 2.26. The quantitative estimate of drug-likeness (QED) is 0.869. The standard InChI is InChI=1S/C14H19N3O3S/c1-8(5-4-6-18)16-12(19)11-9(2)10-13(21-11)15-7-17(3)14(10)20/h7-8,18H,4-6H2,1-3H3,(H,16,19). The molecule has 0 bridgehead atoms.